The van der Waals surface area contributed by atoms with Crippen LogP contribution >= 0.6 is 0 Å². The Morgan fingerprint density at radius 1 is 0.742 bits per heavy atom. The van der Waals surface area contributed by atoms with E-state index in [9.17, 15) is 9.59 Å². The van der Waals surface area contributed by atoms with Gasteiger partial charge in [0.25, 0.3) is 0 Å². The van der Waals surface area contributed by atoms with Gasteiger partial charge in [-0.05, 0) is 152 Å². The van der Waals surface area contributed by atoms with Gasteiger partial charge >= 0.3 is 11.9 Å². The van der Waals surface area contributed by atoms with Crippen molar-refractivity contribution in [2.24, 2.45) is 79.8 Å². The van der Waals surface area contributed by atoms with Gasteiger partial charge in [-0.1, -0.05) is 123 Å². The third-order valence-electron chi connectivity index (χ3n) is 21.5. The van der Waals surface area contributed by atoms with Gasteiger partial charge < -0.3 is 19.4 Å². The van der Waals surface area contributed by atoms with Gasteiger partial charge in [0, 0.05) is 12.0 Å². The molecule has 1 aliphatic heterocycles. The van der Waals surface area contributed by atoms with Crippen LogP contribution in [0.2, 0.25) is 0 Å². The van der Waals surface area contributed by atoms with Crippen LogP contribution in [0.25, 0.3) is 11.3 Å². The molecule has 10 rings (SSSR count). The van der Waals surface area contributed by atoms with Crippen LogP contribution in [0.5, 0.6) is 0 Å². The summed E-state index contributed by atoms with van der Waals surface area (Å²) in [5.74, 6) is 3.43. The first-order valence-corrected chi connectivity index (χ1v) is 26.2. The van der Waals surface area contributed by atoms with Crippen molar-refractivity contribution >= 4 is 17.8 Å². The molecule has 3 aromatic rings. The number of likely N-dealkylation sites (tertiary alicyclic amines) is 1. The van der Waals surface area contributed by atoms with Crippen molar-refractivity contribution in [3.63, 3.8) is 0 Å². The minimum atomic E-state index is -0.517. The van der Waals surface area contributed by atoms with Crippen molar-refractivity contribution in [2.75, 3.05) is 6.54 Å². The lowest BCUT2D eigenvalue weighted by molar-refractivity contribution is -0.252. The van der Waals surface area contributed by atoms with Crippen LogP contribution in [-0.4, -0.2) is 45.4 Å². The first kappa shape index (κ1) is 45.8. The Labute approximate surface area is 395 Å². The summed E-state index contributed by atoms with van der Waals surface area (Å²) in [4.78, 5) is 53.9. The number of imidazole rings is 1. The Morgan fingerprint density at radius 2 is 1.45 bits per heavy atom. The quantitative estimate of drug-likeness (QED) is 0.215. The summed E-state index contributed by atoms with van der Waals surface area (Å²) >= 11 is 0. The zero-order chi connectivity index (χ0) is 46.6. The number of rotatable bonds is 9. The summed E-state index contributed by atoms with van der Waals surface area (Å²) in [6.07, 6.45) is 15.3. The fourth-order valence-electron chi connectivity index (χ4n) is 17.6. The fraction of sp³-hybridized carbons (Fsp3) is 0.690. The van der Waals surface area contributed by atoms with Crippen LogP contribution < -0.4 is 0 Å². The molecule has 1 N–H and O–H groups in total. The molecule has 3 unspecified atom stereocenters. The standard InChI is InChI=1S/C58H79N3O5/c1-36(2)39-24-29-58(52(64)61-32-16-21-44(61)49-59-34-43(60-49)38-19-14-11-15-20-38)31-30-56(8)40(48(39)58)22-23-46-55(7)27-26-47(54(5,6)45(55)25-28-57(46,56)9)66-51(63)42-33-41(53(42,3)4)50(62)65-35-37-17-12-10-13-18-37/h10-15,17-20,34,36,39-42,44-48H,16,21-33,35H2,1-9H3,(H,59,60)/t39-,40?,41-,42+,44-,45-,46+,47-,48+,55-,56+,57?,58?/m0/s1. The largest absolute Gasteiger partial charge is 0.462 e. The van der Waals surface area contributed by atoms with Crippen LogP contribution in [-0.2, 0) is 30.5 Å². The monoisotopic (exact) mass is 898 g/mol. The third kappa shape index (κ3) is 6.84. The van der Waals surface area contributed by atoms with Crippen molar-refractivity contribution in [1.82, 2.24) is 14.9 Å². The molecule has 66 heavy (non-hydrogen) atoms. The minimum Gasteiger partial charge on any atom is -0.462 e. The highest BCUT2D eigenvalue weighted by Crippen LogP contribution is 2.78. The van der Waals surface area contributed by atoms with Crippen LogP contribution in [0, 0.1) is 79.8 Å². The molecule has 6 saturated carbocycles. The highest BCUT2D eigenvalue weighted by atomic mass is 16.5. The maximum absolute atomic E-state index is 15.6. The molecule has 1 amide bonds. The van der Waals surface area contributed by atoms with Crippen molar-refractivity contribution in [1.29, 1.82) is 0 Å². The van der Waals surface area contributed by atoms with Crippen molar-refractivity contribution in [3.05, 3.63) is 78.2 Å². The van der Waals surface area contributed by atoms with Crippen molar-refractivity contribution in [2.45, 2.75) is 165 Å². The summed E-state index contributed by atoms with van der Waals surface area (Å²) < 4.78 is 12.4. The maximum Gasteiger partial charge on any atom is 0.309 e. The van der Waals surface area contributed by atoms with E-state index in [2.05, 4.69) is 82.6 Å². The van der Waals surface area contributed by atoms with Gasteiger partial charge in [0.1, 0.15) is 18.5 Å². The Kier molecular flexibility index (Phi) is 11.4. The number of aromatic nitrogens is 2. The SMILES string of the molecule is CC(C)[C@@H]1CCC2(C(=O)N3CCC[C@H]3c3ncc(-c4ccccc4)[nH]3)CC[C@]3(C)C(CC[C@H]4C3(C)CC[C@H]3C(C)(C)[C@@H](OC(=O)[C@H]5C[C@@H](C(=O)OCc6ccccc6)C5(C)C)CC[C@@]34C)[C@@H]12. The van der Waals surface area contributed by atoms with E-state index in [0.29, 0.717) is 47.8 Å². The Hall–Kier alpha value is -3.94. The van der Waals surface area contributed by atoms with E-state index >= 15 is 4.79 Å². The molecule has 13 atom stereocenters. The van der Waals surface area contributed by atoms with Gasteiger partial charge in [-0.15, -0.1) is 0 Å². The van der Waals surface area contributed by atoms with Crippen LogP contribution in [0.4, 0.5) is 0 Å². The maximum atomic E-state index is 15.6. The van der Waals surface area contributed by atoms with E-state index in [4.69, 9.17) is 14.5 Å². The fourth-order valence-corrected chi connectivity index (χ4v) is 17.6. The number of benzene rings is 2. The predicted octanol–water partition coefficient (Wildman–Crippen LogP) is 12.8. The molecule has 1 aromatic heterocycles. The number of carbonyl (C=O) groups excluding carboxylic acids is 3. The number of carbonyl (C=O) groups is 3. The summed E-state index contributed by atoms with van der Waals surface area (Å²) in [6.45, 7) is 22.8. The second-order valence-electron chi connectivity index (χ2n) is 25.0. The minimum absolute atomic E-state index is 0.00345. The molecule has 2 heterocycles. The lowest BCUT2D eigenvalue weighted by atomic mass is 9.32. The van der Waals surface area contributed by atoms with E-state index < -0.39 is 5.41 Å². The molecular formula is C58H79N3O5. The molecule has 8 heteroatoms. The number of fused-ring (bicyclic) bond motifs is 7. The molecule has 356 valence electrons. The van der Waals surface area contributed by atoms with Crippen LogP contribution in [0.3, 0.4) is 0 Å². The molecule has 8 nitrogen and oxygen atoms in total. The lowest BCUT2D eigenvalue weighted by Crippen LogP contribution is -2.67. The van der Waals surface area contributed by atoms with Gasteiger partial charge in [-0.3, -0.25) is 14.4 Å². The van der Waals surface area contributed by atoms with E-state index in [1.807, 2.05) is 56.4 Å². The molecule has 7 aliphatic rings. The molecule has 2 aromatic carbocycles. The van der Waals surface area contributed by atoms with Crippen LogP contribution in [0.15, 0.2) is 66.9 Å². The molecule has 0 radical (unpaired) electrons. The first-order valence-electron chi connectivity index (χ1n) is 26.2. The molecule has 1 saturated heterocycles. The Morgan fingerprint density at radius 3 is 2.17 bits per heavy atom. The Bertz CT molecular complexity index is 2300. The summed E-state index contributed by atoms with van der Waals surface area (Å²) in [5.41, 5.74) is 2.57. The van der Waals surface area contributed by atoms with Crippen LogP contribution in [0.1, 0.15) is 163 Å². The number of hydrogen-bond acceptors (Lipinski definition) is 6. The average molecular weight is 898 g/mol. The number of amides is 1. The summed E-state index contributed by atoms with van der Waals surface area (Å²) in [6, 6.07) is 20.2. The second kappa shape index (κ2) is 16.4. The number of esters is 2. The Balaban J connectivity index is 0.848. The van der Waals surface area contributed by atoms with Gasteiger partial charge in [0.05, 0.1) is 35.2 Å². The van der Waals surface area contributed by atoms with Crippen molar-refractivity contribution in [3.8, 4) is 11.3 Å². The molecular weight excluding hydrogens is 819 g/mol. The smallest absolute Gasteiger partial charge is 0.309 e. The highest BCUT2D eigenvalue weighted by Gasteiger charge is 2.73. The topological polar surface area (TPSA) is 102 Å². The van der Waals surface area contributed by atoms with Gasteiger partial charge in [-0.2, -0.15) is 0 Å². The molecule has 0 spiro atoms. The van der Waals surface area contributed by atoms with E-state index in [-0.39, 0.29) is 69.6 Å². The van der Waals surface area contributed by atoms with E-state index in [1.165, 1.54) is 19.3 Å². The normalized spacial score (nSPS) is 39.7. The van der Waals surface area contributed by atoms with Gasteiger partial charge in [0.2, 0.25) is 5.91 Å². The average Bonchev–Trinajstić information content (AvgIpc) is 4.07. The number of hydrogen-bond donors (Lipinski definition) is 1. The molecule has 0 bridgehead atoms. The summed E-state index contributed by atoms with van der Waals surface area (Å²) in [5, 5.41) is 0. The lowest BCUT2D eigenvalue weighted by Gasteiger charge is -2.73. The predicted molar refractivity (Wildman–Crippen MR) is 258 cm³/mol. The van der Waals surface area contributed by atoms with E-state index in [0.717, 1.165) is 87.0 Å². The number of ether oxygens (including phenoxy) is 2. The van der Waals surface area contributed by atoms with Gasteiger partial charge in [0.15, 0.2) is 0 Å². The molecule has 6 aliphatic carbocycles. The highest BCUT2D eigenvalue weighted by molar-refractivity contribution is 5.85. The first-order chi connectivity index (χ1) is 31.4. The second-order valence-corrected chi connectivity index (χ2v) is 25.0. The summed E-state index contributed by atoms with van der Waals surface area (Å²) in [7, 11) is 0. The molecule has 7 fully saturated rings. The van der Waals surface area contributed by atoms with Gasteiger partial charge in [-0.25, -0.2) is 4.98 Å². The zero-order valence-corrected chi connectivity index (χ0v) is 41.7. The number of nitrogens with zero attached hydrogens (tertiary/aromatic N) is 2. The zero-order valence-electron chi connectivity index (χ0n) is 41.7. The third-order valence-corrected chi connectivity index (χ3v) is 21.5. The number of nitrogens with one attached hydrogen (secondary N) is 1. The van der Waals surface area contributed by atoms with Crippen molar-refractivity contribution < 1.29 is 23.9 Å². The number of aromatic amines is 1. The number of H-pyrrole nitrogens is 1. The van der Waals surface area contributed by atoms with E-state index in [1.54, 1.807) is 0 Å².